The summed E-state index contributed by atoms with van der Waals surface area (Å²) in [7, 11) is 0. The molecule has 0 aliphatic heterocycles. The fraction of sp³-hybridized carbons (Fsp3) is 0.412. The van der Waals surface area contributed by atoms with Crippen molar-refractivity contribution in [3.8, 4) is 11.3 Å². The van der Waals surface area contributed by atoms with Crippen LogP contribution < -0.4 is 9.88 Å². The third kappa shape index (κ3) is 4.35. The van der Waals surface area contributed by atoms with Gasteiger partial charge in [0, 0.05) is 17.5 Å². The maximum Gasteiger partial charge on any atom is 0.303 e. The predicted octanol–water partition coefficient (Wildman–Crippen LogP) is 3.04. The number of aryl methyl sites for hydroxylation is 1. The number of H-pyrrole nitrogens is 1. The van der Waals surface area contributed by atoms with Gasteiger partial charge in [-0.2, -0.15) is 0 Å². The minimum atomic E-state index is -0.759. The molecular weight excluding hydrogens is 278 g/mol. The zero-order chi connectivity index (χ0) is 16.2. The second kappa shape index (κ2) is 6.64. The van der Waals surface area contributed by atoms with Gasteiger partial charge in [0.2, 0.25) is 12.1 Å². The zero-order valence-corrected chi connectivity index (χ0v) is 13.4. The lowest BCUT2D eigenvalue weighted by atomic mass is 10.1. The Morgan fingerprint density at radius 2 is 1.95 bits per heavy atom. The number of carboxylic acid groups (broad SMARTS) is 1. The summed E-state index contributed by atoms with van der Waals surface area (Å²) < 4.78 is 2.08. The normalized spacial score (nSPS) is 11.4. The predicted molar refractivity (Wildman–Crippen MR) is 86.7 cm³/mol. The number of carbonyl (C=O) groups is 1. The first-order valence-electron chi connectivity index (χ1n) is 7.53. The van der Waals surface area contributed by atoms with Gasteiger partial charge < -0.3 is 10.4 Å². The van der Waals surface area contributed by atoms with E-state index < -0.39 is 5.97 Å². The monoisotopic (exact) mass is 302 g/mol. The van der Waals surface area contributed by atoms with E-state index in [9.17, 15) is 4.79 Å². The van der Waals surface area contributed by atoms with Crippen LogP contribution in [0.2, 0.25) is 0 Å². The molecule has 3 N–H and O–H groups in total. The Morgan fingerprint density at radius 1 is 1.27 bits per heavy atom. The molecule has 0 amide bonds. The third-order valence-electron chi connectivity index (χ3n) is 3.23. The molecule has 1 heterocycles. The highest BCUT2D eigenvalue weighted by Gasteiger charge is 2.23. The number of hydrogen-bond acceptors (Lipinski definition) is 2. The maximum atomic E-state index is 10.7. The van der Waals surface area contributed by atoms with Crippen molar-refractivity contribution in [1.82, 2.24) is 4.98 Å². The van der Waals surface area contributed by atoms with Crippen LogP contribution in [0, 0.1) is 0 Å². The molecule has 1 aromatic heterocycles. The second-order valence-electron chi connectivity index (χ2n) is 6.43. The van der Waals surface area contributed by atoms with Gasteiger partial charge in [0.05, 0.1) is 6.54 Å². The van der Waals surface area contributed by atoms with Crippen LogP contribution in [-0.2, 0) is 11.3 Å². The van der Waals surface area contributed by atoms with E-state index in [1.807, 2.05) is 24.5 Å². The number of hydrogen-bond donors (Lipinski definition) is 3. The number of benzene rings is 1. The molecule has 0 fully saturated rings. The molecular formula is C17H24N3O2+. The van der Waals surface area contributed by atoms with Gasteiger partial charge in [-0.1, -0.05) is 30.3 Å². The van der Waals surface area contributed by atoms with Crippen LogP contribution in [0.5, 0.6) is 0 Å². The molecule has 0 atom stereocenters. The van der Waals surface area contributed by atoms with E-state index in [2.05, 4.69) is 47.8 Å². The average molecular weight is 302 g/mol. The van der Waals surface area contributed by atoms with Crippen molar-refractivity contribution in [2.75, 3.05) is 5.32 Å². The van der Waals surface area contributed by atoms with E-state index >= 15 is 0 Å². The molecule has 0 aliphatic carbocycles. The molecule has 2 aromatic rings. The van der Waals surface area contributed by atoms with Crippen molar-refractivity contribution in [2.45, 2.75) is 45.7 Å². The summed E-state index contributed by atoms with van der Waals surface area (Å²) in [5, 5.41) is 12.3. The number of aromatic amines is 1. The Labute approximate surface area is 131 Å². The van der Waals surface area contributed by atoms with Crippen molar-refractivity contribution < 1.29 is 14.5 Å². The molecule has 0 unspecified atom stereocenters. The minimum absolute atomic E-state index is 0.0622. The SMILES string of the molecule is CC(C)(C)Nc1[nH]c[n+](CCCC(=O)O)c1-c1ccccc1. The summed E-state index contributed by atoms with van der Waals surface area (Å²) in [5.74, 6) is 0.194. The van der Waals surface area contributed by atoms with Crippen LogP contribution in [0.25, 0.3) is 11.3 Å². The number of aliphatic carboxylic acids is 1. The van der Waals surface area contributed by atoms with Gasteiger partial charge in [0.25, 0.3) is 0 Å². The van der Waals surface area contributed by atoms with Gasteiger partial charge in [-0.3, -0.25) is 4.79 Å². The highest BCUT2D eigenvalue weighted by atomic mass is 16.4. The molecule has 22 heavy (non-hydrogen) atoms. The topological polar surface area (TPSA) is 69.0 Å². The number of nitrogens with one attached hydrogen (secondary N) is 2. The number of rotatable bonds is 6. The van der Waals surface area contributed by atoms with Gasteiger partial charge in [-0.05, 0) is 27.2 Å². The molecule has 0 aliphatic rings. The van der Waals surface area contributed by atoms with Gasteiger partial charge >= 0.3 is 5.97 Å². The summed E-state index contributed by atoms with van der Waals surface area (Å²) in [6.45, 7) is 6.99. The summed E-state index contributed by atoms with van der Waals surface area (Å²) in [6, 6.07) is 10.1. The first-order valence-corrected chi connectivity index (χ1v) is 7.53. The minimum Gasteiger partial charge on any atom is -0.481 e. The summed E-state index contributed by atoms with van der Waals surface area (Å²) in [6.07, 6.45) is 2.68. The van der Waals surface area contributed by atoms with Gasteiger partial charge in [0.1, 0.15) is 0 Å². The van der Waals surface area contributed by atoms with E-state index in [1.54, 1.807) is 0 Å². The molecule has 5 heteroatoms. The van der Waals surface area contributed by atoms with Crippen LogP contribution in [0.15, 0.2) is 36.7 Å². The molecule has 1 aromatic carbocycles. The van der Waals surface area contributed by atoms with Crippen LogP contribution in [0.4, 0.5) is 5.82 Å². The van der Waals surface area contributed by atoms with Crippen LogP contribution in [0.1, 0.15) is 33.6 Å². The fourth-order valence-corrected chi connectivity index (χ4v) is 2.37. The molecule has 0 saturated carbocycles. The first-order chi connectivity index (χ1) is 10.4. The molecule has 0 bridgehead atoms. The highest BCUT2D eigenvalue weighted by Crippen LogP contribution is 2.25. The van der Waals surface area contributed by atoms with Gasteiger partial charge in [0.15, 0.2) is 5.69 Å². The van der Waals surface area contributed by atoms with Crippen molar-refractivity contribution in [2.24, 2.45) is 0 Å². The zero-order valence-electron chi connectivity index (χ0n) is 13.4. The smallest absolute Gasteiger partial charge is 0.303 e. The lowest BCUT2D eigenvalue weighted by Crippen LogP contribution is -2.35. The number of anilines is 1. The van der Waals surface area contributed by atoms with E-state index in [1.165, 1.54) is 0 Å². The maximum absolute atomic E-state index is 10.7. The molecule has 2 rings (SSSR count). The standard InChI is InChI=1S/C17H23N3O2/c1-17(2,3)19-16-15(13-8-5-4-6-9-13)20(12-18-16)11-7-10-14(21)22/h4-6,8-9,12,19H,7,10-11H2,1-3H3,(H,21,22)/p+1. The molecule has 5 nitrogen and oxygen atoms in total. The van der Waals surface area contributed by atoms with Crippen molar-refractivity contribution in [3.05, 3.63) is 36.7 Å². The quantitative estimate of drug-likeness (QED) is 0.718. The van der Waals surface area contributed by atoms with Crippen LogP contribution >= 0.6 is 0 Å². The van der Waals surface area contributed by atoms with E-state index in [4.69, 9.17) is 5.11 Å². The van der Waals surface area contributed by atoms with Gasteiger partial charge in [-0.15, -0.1) is 0 Å². The van der Waals surface area contributed by atoms with Crippen molar-refractivity contribution >= 4 is 11.8 Å². The lowest BCUT2D eigenvalue weighted by Gasteiger charge is -2.19. The fourth-order valence-electron chi connectivity index (χ4n) is 2.37. The Balaban J connectivity index is 2.31. The van der Waals surface area contributed by atoms with Crippen LogP contribution in [0.3, 0.4) is 0 Å². The van der Waals surface area contributed by atoms with Gasteiger partial charge in [-0.25, -0.2) is 9.55 Å². The Bertz CT molecular complexity index is 627. The Kier molecular flexibility index (Phi) is 4.85. The largest absolute Gasteiger partial charge is 0.481 e. The van der Waals surface area contributed by atoms with Crippen molar-refractivity contribution in [1.29, 1.82) is 0 Å². The Hall–Kier alpha value is -2.30. The number of nitrogens with zero attached hydrogens (tertiary/aromatic N) is 1. The highest BCUT2D eigenvalue weighted by molar-refractivity contribution is 5.69. The first kappa shape index (κ1) is 16.1. The molecule has 118 valence electrons. The third-order valence-corrected chi connectivity index (χ3v) is 3.23. The number of carboxylic acids is 1. The van der Waals surface area contributed by atoms with E-state index in [0.29, 0.717) is 13.0 Å². The molecule has 0 saturated heterocycles. The summed E-state index contributed by atoms with van der Waals surface area (Å²) in [4.78, 5) is 14.0. The average Bonchev–Trinajstić information content (AvgIpc) is 2.80. The summed E-state index contributed by atoms with van der Waals surface area (Å²) >= 11 is 0. The van der Waals surface area contributed by atoms with Crippen molar-refractivity contribution in [3.63, 3.8) is 0 Å². The van der Waals surface area contributed by atoms with Crippen LogP contribution in [-0.4, -0.2) is 21.6 Å². The molecule has 0 spiro atoms. The number of imidazole rings is 1. The lowest BCUT2D eigenvalue weighted by molar-refractivity contribution is -0.685. The summed E-state index contributed by atoms with van der Waals surface area (Å²) in [5.41, 5.74) is 2.10. The molecule has 0 radical (unpaired) electrons. The van der Waals surface area contributed by atoms with E-state index in [0.717, 1.165) is 17.1 Å². The Morgan fingerprint density at radius 3 is 2.55 bits per heavy atom. The second-order valence-corrected chi connectivity index (χ2v) is 6.43. The number of aromatic nitrogens is 2. The van der Waals surface area contributed by atoms with E-state index in [-0.39, 0.29) is 12.0 Å².